The molecule has 0 aliphatic rings. The molecule has 2 rings (SSSR count). The average molecular weight is 246 g/mol. The zero-order chi connectivity index (χ0) is 13.1. The summed E-state index contributed by atoms with van der Waals surface area (Å²) in [7, 11) is 5.50. The Kier molecular flexibility index (Phi) is 3.41. The van der Waals surface area contributed by atoms with Crippen LogP contribution in [0.1, 0.15) is 5.56 Å². The van der Waals surface area contributed by atoms with E-state index in [2.05, 4.69) is 5.10 Å². The Morgan fingerprint density at radius 1 is 1.33 bits per heavy atom. The van der Waals surface area contributed by atoms with Crippen LogP contribution in [-0.4, -0.2) is 23.9 Å². The van der Waals surface area contributed by atoms with Crippen molar-refractivity contribution in [1.29, 1.82) is 0 Å². The predicted octanol–water partition coefficient (Wildman–Crippen LogP) is 1.65. The number of aryl methyl sites for hydroxylation is 1. The fourth-order valence-electron chi connectivity index (χ4n) is 1.87. The minimum atomic E-state index is 0.688. The van der Waals surface area contributed by atoms with E-state index >= 15 is 0 Å². The number of benzene rings is 1. The highest BCUT2D eigenvalue weighted by Gasteiger charge is 2.10. The van der Waals surface area contributed by atoms with Crippen LogP contribution in [0.5, 0.6) is 5.75 Å². The Labute approximate surface area is 107 Å². The van der Waals surface area contributed by atoms with E-state index in [1.807, 2.05) is 43.3 Å². The summed E-state index contributed by atoms with van der Waals surface area (Å²) < 4.78 is 6.85. The lowest BCUT2D eigenvalue weighted by Crippen LogP contribution is -2.18. The third kappa shape index (κ3) is 2.56. The lowest BCUT2D eigenvalue weighted by Gasteiger charge is -2.17. The van der Waals surface area contributed by atoms with Gasteiger partial charge >= 0.3 is 0 Å². The van der Waals surface area contributed by atoms with Gasteiger partial charge in [-0.25, -0.2) is 0 Å². The molecule has 18 heavy (non-hydrogen) atoms. The van der Waals surface area contributed by atoms with Crippen LogP contribution in [0.15, 0.2) is 30.5 Å². The molecule has 2 N–H and O–H groups in total. The summed E-state index contributed by atoms with van der Waals surface area (Å²) in [5.41, 5.74) is 7.77. The van der Waals surface area contributed by atoms with E-state index in [0.29, 0.717) is 5.69 Å². The Morgan fingerprint density at radius 3 is 2.50 bits per heavy atom. The van der Waals surface area contributed by atoms with E-state index in [1.54, 1.807) is 18.0 Å². The monoisotopic (exact) mass is 246 g/mol. The van der Waals surface area contributed by atoms with E-state index < -0.39 is 0 Å². The van der Waals surface area contributed by atoms with Crippen molar-refractivity contribution in [3.05, 3.63) is 36.0 Å². The van der Waals surface area contributed by atoms with Crippen LogP contribution in [0.4, 0.5) is 11.5 Å². The molecule has 0 radical (unpaired) electrons. The fourth-order valence-corrected chi connectivity index (χ4v) is 1.87. The number of hydrogen-bond acceptors (Lipinski definition) is 4. The van der Waals surface area contributed by atoms with Crippen LogP contribution in [0, 0.1) is 0 Å². The molecule has 0 spiro atoms. The molecule has 0 bridgehead atoms. The van der Waals surface area contributed by atoms with Gasteiger partial charge in [0, 0.05) is 26.8 Å². The van der Waals surface area contributed by atoms with E-state index in [-0.39, 0.29) is 0 Å². The Morgan fingerprint density at radius 2 is 2.00 bits per heavy atom. The van der Waals surface area contributed by atoms with Crippen LogP contribution in [-0.2, 0) is 13.6 Å². The molecule has 0 aliphatic carbocycles. The highest BCUT2D eigenvalue weighted by molar-refractivity contribution is 5.61. The summed E-state index contributed by atoms with van der Waals surface area (Å²) in [6.45, 7) is 0.755. The highest BCUT2D eigenvalue weighted by atomic mass is 16.5. The molecule has 0 amide bonds. The van der Waals surface area contributed by atoms with Gasteiger partial charge in [-0.15, -0.1) is 0 Å². The first-order valence-corrected chi connectivity index (χ1v) is 5.73. The zero-order valence-corrected chi connectivity index (χ0v) is 10.9. The molecule has 0 saturated carbocycles. The molecule has 5 nitrogen and oxygen atoms in total. The van der Waals surface area contributed by atoms with Crippen molar-refractivity contribution in [1.82, 2.24) is 9.78 Å². The maximum Gasteiger partial charge on any atom is 0.173 e. The number of methoxy groups -OCH3 is 1. The van der Waals surface area contributed by atoms with Crippen molar-refractivity contribution in [2.24, 2.45) is 7.05 Å². The molecule has 1 aromatic carbocycles. The molecule has 0 aliphatic heterocycles. The number of hydrogen-bond donors (Lipinski definition) is 1. The molecule has 2 aromatic rings. The molecule has 1 heterocycles. The molecule has 1 aromatic heterocycles. The first-order chi connectivity index (χ1) is 8.60. The first kappa shape index (κ1) is 12.3. The van der Waals surface area contributed by atoms with E-state index in [9.17, 15) is 0 Å². The number of anilines is 2. The van der Waals surface area contributed by atoms with Gasteiger partial charge in [0.1, 0.15) is 5.75 Å². The van der Waals surface area contributed by atoms with E-state index in [0.717, 1.165) is 18.1 Å². The van der Waals surface area contributed by atoms with Gasteiger partial charge in [-0.05, 0) is 17.7 Å². The summed E-state index contributed by atoms with van der Waals surface area (Å²) in [5, 5.41) is 4.33. The van der Waals surface area contributed by atoms with Crippen molar-refractivity contribution in [3.8, 4) is 5.75 Å². The molecule has 5 heteroatoms. The summed E-state index contributed by atoms with van der Waals surface area (Å²) >= 11 is 0. The van der Waals surface area contributed by atoms with Crippen molar-refractivity contribution >= 4 is 11.5 Å². The van der Waals surface area contributed by atoms with Crippen molar-refractivity contribution in [3.63, 3.8) is 0 Å². The SMILES string of the molecule is COc1ccc(CN(C)c2nn(C)cc2N)cc1. The Bertz CT molecular complexity index is 518. The van der Waals surface area contributed by atoms with Crippen LogP contribution in [0.25, 0.3) is 0 Å². The van der Waals surface area contributed by atoms with Gasteiger partial charge in [0.05, 0.1) is 12.8 Å². The lowest BCUT2D eigenvalue weighted by atomic mass is 10.2. The standard InChI is InChI=1S/C13H18N4O/c1-16(13-12(14)9-17(2)15-13)8-10-4-6-11(18-3)7-5-10/h4-7,9H,8,14H2,1-3H3. The molecule has 0 atom stereocenters. The van der Waals surface area contributed by atoms with Crippen LogP contribution in [0.2, 0.25) is 0 Å². The maximum absolute atomic E-state index is 5.90. The molecular weight excluding hydrogens is 228 g/mol. The van der Waals surface area contributed by atoms with Crippen molar-refractivity contribution in [2.45, 2.75) is 6.54 Å². The smallest absolute Gasteiger partial charge is 0.173 e. The largest absolute Gasteiger partial charge is 0.497 e. The predicted molar refractivity (Wildman–Crippen MR) is 72.7 cm³/mol. The molecular formula is C13H18N4O. The van der Waals surface area contributed by atoms with Gasteiger partial charge in [-0.3, -0.25) is 4.68 Å². The van der Waals surface area contributed by atoms with Crippen LogP contribution < -0.4 is 15.4 Å². The minimum absolute atomic E-state index is 0.688. The second-order valence-electron chi connectivity index (χ2n) is 4.29. The average Bonchev–Trinajstić information content (AvgIpc) is 2.69. The summed E-state index contributed by atoms with van der Waals surface area (Å²) in [5.74, 6) is 1.66. The van der Waals surface area contributed by atoms with Gasteiger partial charge in [0.15, 0.2) is 5.82 Å². The maximum atomic E-state index is 5.90. The van der Waals surface area contributed by atoms with Gasteiger partial charge in [-0.1, -0.05) is 12.1 Å². The topological polar surface area (TPSA) is 56.3 Å². The summed E-state index contributed by atoms with van der Waals surface area (Å²) in [6, 6.07) is 7.97. The summed E-state index contributed by atoms with van der Waals surface area (Å²) in [4.78, 5) is 2.02. The minimum Gasteiger partial charge on any atom is -0.497 e. The highest BCUT2D eigenvalue weighted by Crippen LogP contribution is 2.21. The molecule has 96 valence electrons. The number of rotatable bonds is 4. The Balaban J connectivity index is 2.10. The lowest BCUT2D eigenvalue weighted by molar-refractivity contribution is 0.414. The van der Waals surface area contributed by atoms with Crippen molar-refractivity contribution in [2.75, 3.05) is 24.8 Å². The number of nitrogen functional groups attached to an aromatic ring is 1. The number of ether oxygens (including phenoxy) is 1. The van der Waals surface area contributed by atoms with Gasteiger partial charge < -0.3 is 15.4 Å². The third-order valence-electron chi connectivity index (χ3n) is 2.78. The number of aromatic nitrogens is 2. The van der Waals surface area contributed by atoms with Crippen molar-refractivity contribution < 1.29 is 4.74 Å². The molecule has 0 fully saturated rings. The van der Waals surface area contributed by atoms with Crippen LogP contribution >= 0.6 is 0 Å². The quantitative estimate of drug-likeness (QED) is 0.891. The second-order valence-corrected chi connectivity index (χ2v) is 4.29. The molecule has 0 unspecified atom stereocenters. The van der Waals surface area contributed by atoms with E-state index in [1.165, 1.54) is 5.56 Å². The van der Waals surface area contributed by atoms with Crippen LogP contribution in [0.3, 0.4) is 0 Å². The number of nitrogens with two attached hydrogens (primary N) is 1. The summed E-state index contributed by atoms with van der Waals surface area (Å²) in [6.07, 6.45) is 1.81. The number of nitrogens with zero attached hydrogens (tertiary/aromatic N) is 3. The third-order valence-corrected chi connectivity index (χ3v) is 2.78. The normalized spacial score (nSPS) is 10.4. The zero-order valence-electron chi connectivity index (χ0n) is 10.9. The van der Waals surface area contributed by atoms with Gasteiger partial charge in [0.2, 0.25) is 0 Å². The van der Waals surface area contributed by atoms with E-state index in [4.69, 9.17) is 10.5 Å². The fraction of sp³-hybridized carbons (Fsp3) is 0.308. The first-order valence-electron chi connectivity index (χ1n) is 5.73. The second kappa shape index (κ2) is 5.00. The molecule has 0 saturated heterocycles. The Hall–Kier alpha value is -2.17. The van der Waals surface area contributed by atoms with Gasteiger partial charge in [-0.2, -0.15) is 5.10 Å². The van der Waals surface area contributed by atoms with Gasteiger partial charge in [0.25, 0.3) is 0 Å².